The first-order chi connectivity index (χ1) is 16.9. The van der Waals surface area contributed by atoms with Gasteiger partial charge >= 0.3 is 19.9 Å². The molecule has 1 fully saturated rings. The van der Waals surface area contributed by atoms with Crippen LogP contribution in [0, 0.1) is 0 Å². The van der Waals surface area contributed by atoms with Gasteiger partial charge in [-0.3, -0.25) is 9.36 Å². The van der Waals surface area contributed by atoms with Crippen molar-refractivity contribution >= 4 is 25.9 Å². The van der Waals surface area contributed by atoms with Gasteiger partial charge in [-0.2, -0.15) is 4.98 Å². The van der Waals surface area contributed by atoms with Crippen LogP contribution in [0.1, 0.15) is 33.4 Å². The Morgan fingerprint density at radius 2 is 1.74 bits per heavy atom. The predicted octanol–water partition coefficient (Wildman–Crippen LogP) is 2.04. The molecule has 1 aliphatic heterocycles. The van der Waals surface area contributed by atoms with Gasteiger partial charge in [0.15, 0.2) is 0 Å². The molecule has 180 valence electrons. The van der Waals surface area contributed by atoms with E-state index in [1.165, 1.54) is 16.8 Å². The minimum atomic E-state index is -3.15. The standard InChI is InChI=1S/C23H20N3O8P/c27-21(15-7-3-1-4-8-15)24-19-11-12-26(23(29)25-19)20-13-17(18(33-20)14-32-35(30)31)34-22(28)16-9-5-2-6-10-16/h1-12,17-18,20H,13-14H2,(H,24,25,27,29)/t17-,18+,20+/m0/s1. The molecule has 1 unspecified atom stereocenters. The molecule has 2 heterocycles. The normalized spacial score (nSPS) is 19.7. The first-order valence-electron chi connectivity index (χ1n) is 10.5. The van der Waals surface area contributed by atoms with E-state index in [9.17, 15) is 23.8 Å². The Kier molecular flexibility index (Phi) is 7.74. The first kappa shape index (κ1) is 24.4. The van der Waals surface area contributed by atoms with E-state index >= 15 is 0 Å². The quantitative estimate of drug-likeness (QED) is 0.364. The van der Waals surface area contributed by atoms with Crippen molar-refractivity contribution in [3.63, 3.8) is 0 Å². The molecule has 1 N–H and O–H groups in total. The molecule has 1 aromatic heterocycles. The summed E-state index contributed by atoms with van der Waals surface area (Å²) in [4.78, 5) is 52.2. The fourth-order valence-electron chi connectivity index (χ4n) is 3.54. The summed E-state index contributed by atoms with van der Waals surface area (Å²) in [5.74, 6) is -1.00. The van der Waals surface area contributed by atoms with Crippen molar-refractivity contribution in [1.82, 2.24) is 9.55 Å². The summed E-state index contributed by atoms with van der Waals surface area (Å²) in [5.41, 5.74) is -0.00596. The summed E-state index contributed by atoms with van der Waals surface area (Å²) >= 11 is 0. The number of benzene rings is 2. The number of carbonyl (C=O) groups is 2. The SMILES string of the molecule is O=C(Nc1ccn([C@H]2C[C@H](OC(=O)c3ccccc3)[C@@H](CO[P+](=O)[O-])O2)c(=O)n1)c1ccccc1. The van der Waals surface area contributed by atoms with Crippen LogP contribution in [0.3, 0.4) is 0 Å². The van der Waals surface area contributed by atoms with Gasteiger partial charge in [-0.05, 0) is 34.9 Å². The number of ether oxygens (including phenoxy) is 2. The van der Waals surface area contributed by atoms with Crippen molar-refractivity contribution in [2.24, 2.45) is 0 Å². The number of carbonyl (C=O) groups excluding carboxylic acids is 2. The monoisotopic (exact) mass is 497 g/mol. The highest BCUT2D eigenvalue weighted by Crippen LogP contribution is 2.32. The second kappa shape index (κ2) is 11.1. The lowest BCUT2D eigenvalue weighted by molar-refractivity contribution is -0.189. The molecule has 0 radical (unpaired) electrons. The molecule has 0 bridgehead atoms. The van der Waals surface area contributed by atoms with Crippen molar-refractivity contribution in [3.8, 4) is 0 Å². The van der Waals surface area contributed by atoms with E-state index in [4.69, 9.17) is 9.47 Å². The van der Waals surface area contributed by atoms with Crippen molar-refractivity contribution < 1.29 is 33.0 Å². The van der Waals surface area contributed by atoms with E-state index in [1.54, 1.807) is 60.7 Å². The van der Waals surface area contributed by atoms with Crippen LogP contribution in [0.25, 0.3) is 0 Å². The Balaban J connectivity index is 1.48. The third-order valence-electron chi connectivity index (χ3n) is 5.21. The van der Waals surface area contributed by atoms with Crippen LogP contribution in [0.15, 0.2) is 77.7 Å². The highest BCUT2D eigenvalue weighted by Gasteiger charge is 2.40. The van der Waals surface area contributed by atoms with E-state index in [0.717, 1.165) is 0 Å². The van der Waals surface area contributed by atoms with Gasteiger partial charge in [-0.25, -0.2) is 9.59 Å². The molecule has 0 spiro atoms. The Morgan fingerprint density at radius 3 is 2.37 bits per heavy atom. The molecule has 35 heavy (non-hydrogen) atoms. The summed E-state index contributed by atoms with van der Waals surface area (Å²) in [6.07, 6.45) is -1.29. The largest absolute Gasteiger partial charge is 0.566 e. The van der Waals surface area contributed by atoms with E-state index in [1.807, 2.05) is 0 Å². The van der Waals surface area contributed by atoms with Crippen LogP contribution in [0.4, 0.5) is 5.82 Å². The number of amides is 1. The maximum Gasteiger partial charge on any atom is 0.488 e. The zero-order chi connectivity index (χ0) is 24.8. The second-order valence-corrected chi connectivity index (χ2v) is 8.22. The molecule has 4 rings (SSSR count). The minimum absolute atomic E-state index is 0.0494. The number of nitrogens with one attached hydrogen (secondary N) is 1. The summed E-state index contributed by atoms with van der Waals surface area (Å²) in [6.45, 7) is -0.394. The van der Waals surface area contributed by atoms with E-state index in [0.29, 0.717) is 11.1 Å². The van der Waals surface area contributed by atoms with Crippen molar-refractivity contribution in [1.29, 1.82) is 0 Å². The molecule has 1 amide bonds. The van der Waals surface area contributed by atoms with Gasteiger partial charge in [0.05, 0.1) is 5.56 Å². The smallest absolute Gasteiger partial charge is 0.488 e. The molecular weight excluding hydrogens is 477 g/mol. The number of hydrogen-bond acceptors (Lipinski definition) is 9. The van der Waals surface area contributed by atoms with Gasteiger partial charge in [0.25, 0.3) is 5.91 Å². The molecule has 3 aromatic rings. The minimum Gasteiger partial charge on any atom is -0.566 e. The van der Waals surface area contributed by atoms with Crippen LogP contribution in [-0.4, -0.2) is 40.2 Å². The predicted molar refractivity (Wildman–Crippen MR) is 121 cm³/mol. The highest BCUT2D eigenvalue weighted by molar-refractivity contribution is 7.30. The Morgan fingerprint density at radius 1 is 1.09 bits per heavy atom. The van der Waals surface area contributed by atoms with Gasteiger partial charge in [0, 0.05) is 18.2 Å². The van der Waals surface area contributed by atoms with E-state index < -0.39 is 50.9 Å². The number of esters is 1. The fourth-order valence-corrected chi connectivity index (χ4v) is 3.81. The summed E-state index contributed by atoms with van der Waals surface area (Å²) < 4.78 is 28.0. The lowest BCUT2D eigenvalue weighted by atomic mass is 10.1. The Labute approximate surface area is 200 Å². The van der Waals surface area contributed by atoms with Crippen LogP contribution in [0.5, 0.6) is 0 Å². The average Bonchev–Trinajstić information content (AvgIpc) is 3.26. The van der Waals surface area contributed by atoms with Crippen molar-refractivity contribution in [3.05, 3.63) is 94.5 Å². The maximum atomic E-state index is 12.7. The molecule has 1 aliphatic rings. The molecule has 4 atom stereocenters. The maximum absolute atomic E-state index is 12.7. The summed E-state index contributed by atoms with van der Waals surface area (Å²) in [5, 5.41) is 2.55. The summed E-state index contributed by atoms with van der Waals surface area (Å²) in [6, 6.07) is 18.1. The number of aromatic nitrogens is 2. The van der Waals surface area contributed by atoms with Gasteiger partial charge in [0.2, 0.25) is 0 Å². The second-order valence-electron chi connectivity index (χ2n) is 7.52. The van der Waals surface area contributed by atoms with Crippen LogP contribution in [-0.2, 0) is 18.6 Å². The fraction of sp³-hybridized carbons (Fsp3) is 0.217. The number of nitrogens with zero attached hydrogens (tertiary/aromatic N) is 2. The van der Waals surface area contributed by atoms with E-state index in [-0.39, 0.29) is 12.2 Å². The number of anilines is 1. The van der Waals surface area contributed by atoms with Crippen molar-refractivity contribution in [2.45, 2.75) is 24.9 Å². The molecular formula is C23H20N3O8P. The van der Waals surface area contributed by atoms with Crippen molar-refractivity contribution in [2.75, 3.05) is 11.9 Å². The van der Waals surface area contributed by atoms with Crippen LogP contribution < -0.4 is 15.9 Å². The number of hydrogen-bond donors (Lipinski definition) is 1. The van der Waals surface area contributed by atoms with Crippen LogP contribution in [0.2, 0.25) is 0 Å². The van der Waals surface area contributed by atoms with E-state index in [2.05, 4.69) is 14.8 Å². The first-order valence-corrected chi connectivity index (χ1v) is 11.6. The third kappa shape index (κ3) is 6.23. The zero-order valence-electron chi connectivity index (χ0n) is 18.2. The van der Waals surface area contributed by atoms with Gasteiger partial charge in [-0.15, -0.1) is 4.52 Å². The lowest BCUT2D eigenvalue weighted by Gasteiger charge is -2.16. The molecule has 2 aromatic carbocycles. The highest BCUT2D eigenvalue weighted by atomic mass is 31.1. The Hall–Kier alpha value is -3.76. The molecule has 12 heteroatoms. The summed E-state index contributed by atoms with van der Waals surface area (Å²) in [7, 11) is -3.15. The molecule has 0 aliphatic carbocycles. The van der Waals surface area contributed by atoms with Gasteiger partial charge in [0.1, 0.15) is 30.9 Å². The van der Waals surface area contributed by atoms with Gasteiger partial charge < -0.3 is 19.7 Å². The van der Waals surface area contributed by atoms with Gasteiger partial charge in [-0.1, -0.05) is 36.4 Å². The zero-order valence-corrected chi connectivity index (χ0v) is 19.1. The topological polar surface area (TPSA) is 149 Å². The lowest BCUT2D eigenvalue weighted by Crippen LogP contribution is -2.31. The Bertz CT molecular complexity index is 1270. The van der Waals surface area contributed by atoms with Crippen LogP contribution >= 0.6 is 8.25 Å². The molecule has 0 saturated carbocycles. The molecule has 11 nitrogen and oxygen atoms in total. The molecule has 1 saturated heterocycles. The average molecular weight is 497 g/mol. The number of rotatable bonds is 8. The third-order valence-corrected chi connectivity index (χ3v) is 5.57.